The SMILES string of the molecule is CCOC(=O)C1=NN(c2ccccc2)C2(Nc3sc4c(c3C(=O)N2c2ccccc2)CCC(C)C4)S1. The summed E-state index contributed by atoms with van der Waals surface area (Å²) in [5, 5.41) is 9.96. The number of hydrogen-bond acceptors (Lipinski definition) is 8. The van der Waals surface area contributed by atoms with Crippen molar-refractivity contribution in [1.82, 2.24) is 0 Å². The fourth-order valence-corrected chi connectivity index (χ4v) is 7.75. The van der Waals surface area contributed by atoms with Gasteiger partial charge in [0.15, 0.2) is 0 Å². The molecule has 0 saturated carbocycles. The van der Waals surface area contributed by atoms with Crippen molar-refractivity contribution in [2.24, 2.45) is 11.0 Å². The van der Waals surface area contributed by atoms with Gasteiger partial charge in [-0.25, -0.2) is 9.80 Å². The predicted octanol–water partition coefficient (Wildman–Crippen LogP) is 5.69. The van der Waals surface area contributed by atoms with E-state index in [2.05, 4.69) is 12.2 Å². The van der Waals surface area contributed by atoms with Crippen molar-refractivity contribution in [3.63, 3.8) is 0 Å². The first kappa shape index (κ1) is 23.1. The second-order valence-corrected chi connectivity index (χ2v) is 11.4. The number of hydrazone groups is 1. The normalized spacial score (nSPS) is 22.7. The molecule has 1 N–H and O–H groups in total. The second kappa shape index (κ2) is 8.97. The Morgan fingerprint density at radius 2 is 1.83 bits per heavy atom. The van der Waals surface area contributed by atoms with Crippen molar-refractivity contribution >= 4 is 56.4 Å². The standard InChI is InChI=1S/C27H26N4O3S2/c1-3-34-26(33)24-29-31(19-12-8-5-9-13-19)27(36-24)28-23-22(20-15-14-17(2)16-21(20)35-23)25(32)30(27)18-10-6-4-7-11-18/h4-13,17,28H,3,14-16H2,1-2H3. The Morgan fingerprint density at radius 3 is 2.53 bits per heavy atom. The third-order valence-corrected chi connectivity index (χ3v) is 9.04. The van der Waals surface area contributed by atoms with Gasteiger partial charge in [-0.05, 0) is 73.7 Å². The van der Waals surface area contributed by atoms with E-state index in [4.69, 9.17) is 9.84 Å². The quantitative estimate of drug-likeness (QED) is 0.448. The van der Waals surface area contributed by atoms with Crippen LogP contribution in [0.4, 0.5) is 16.4 Å². The van der Waals surface area contributed by atoms with E-state index in [9.17, 15) is 9.59 Å². The molecule has 1 aliphatic carbocycles. The molecule has 2 aromatic carbocycles. The van der Waals surface area contributed by atoms with Crippen LogP contribution in [0.15, 0.2) is 65.8 Å². The number of carbonyl (C=O) groups excluding carboxylic acids is 2. The molecule has 1 aromatic heterocycles. The highest BCUT2D eigenvalue weighted by atomic mass is 32.2. The maximum absolute atomic E-state index is 14.5. The lowest BCUT2D eigenvalue weighted by Crippen LogP contribution is -2.65. The second-order valence-electron chi connectivity index (χ2n) is 9.14. The van der Waals surface area contributed by atoms with Crippen molar-refractivity contribution in [3.05, 3.63) is 76.7 Å². The van der Waals surface area contributed by atoms with Gasteiger partial charge in [0.05, 0.1) is 17.9 Å². The van der Waals surface area contributed by atoms with Crippen LogP contribution in [0.2, 0.25) is 0 Å². The number of nitrogens with zero attached hydrogens (tertiary/aromatic N) is 3. The van der Waals surface area contributed by atoms with Gasteiger partial charge < -0.3 is 10.1 Å². The van der Waals surface area contributed by atoms with Crippen LogP contribution in [-0.2, 0) is 22.4 Å². The zero-order valence-corrected chi connectivity index (χ0v) is 21.7. The Labute approximate surface area is 218 Å². The van der Waals surface area contributed by atoms with Crippen LogP contribution in [0.25, 0.3) is 0 Å². The third kappa shape index (κ3) is 3.60. The van der Waals surface area contributed by atoms with E-state index >= 15 is 0 Å². The van der Waals surface area contributed by atoms with Crippen molar-refractivity contribution in [1.29, 1.82) is 0 Å². The van der Waals surface area contributed by atoms with Crippen LogP contribution < -0.4 is 15.2 Å². The number of amides is 1. The third-order valence-electron chi connectivity index (χ3n) is 6.69. The molecule has 0 bridgehead atoms. The zero-order valence-electron chi connectivity index (χ0n) is 20.1. The molecule has 2 aliphatic heterocycles. The van der Waals surface area contributed by atoms with E-state index in [1.165, 1.54) is 16.6 Å². The molecule has 3 aromatic rings. The van der Waals surface area contributed by atoms with Crippen LogP contribution in [0.3, 0.4) is 0 Å². The van der Waals surface area contributed by atoms with Crippen molar-refractivity contribution < 1.29 is 14.3 Å². The largest absolute Gasteiger partial charge is 0.461 e. The minimum atomic E-state index is -1.21. The zero-order chi connectivity index (χ0) is 24.9. The molecule has 3 aliphatic rings. The number of thiophene rings is 1. The highest BCUT2D eigenvalue weighted by Crippen LogP contribution is 2.52. The van der Waals surface area contributed by atoms with E-state index in [-0.39, 0.29) is 17.6 Å². The molecule has 184 valence electrons. The molecule has 0 saturated heterocycles. The molecule has 7 nitrogen and oxygen atoms in total. The average molecular weight is 519 g/mol. The molecule has 0 radical (unpaired) electrons. The fourth-order valence-electron chi connectivity index (χ4n) is 5.04. The Kier molecular flexibility index (Phi) is 5.76. The average Bonchev–Trinajstić information content (AvgIpc) is 3.43. The molecule has 0 fully saturated rings. The van der Waals surface area contributed by atoms with E-state index in [0.717, 1.165) is 46.8 Å². The molecule has 3 heterocycles. The summed E-state index contributed by atoms with van der Waals surface area (Å²) < 4.78 is 5.31. The number of rotatable bonds is 4. The summed E-state index contributed by atoms with van der Waals surface area (Å²) in [5.74, 6) is -0.00396. The minimum Gasteiger partial charge on any atom is -0.461 e. The van der Waals surface area contributed by atoms with E-state index < -0.39 is 11.1 Å². The summed E-state index contributed by atoms with van der Waals surface area (Å²) in [6, 6.07) is 19.2. The van der Waals surface area contributed by atoms with Crippen molar-refractivity contribution in [2.45, 2.75) is 38.2 Å². The first-order valence-electron chi connectivity index (χ1n) is 12.1. The van der Waals surface area contributed by atoms with Crippen LogP contribution >= 0.6 is 23.1 Å². The molecule has 1 amide bonds. The Hall–Kier alpha value is -3.30. The monoisotopic (exact) mass is 518 g/mol. The molecule has 2 unspecified atom stereocenters. The lowest BCUT2D eigenvalue weighted by atomic mass is 9.88. The van der Waals surface area contributed by atoms with E-state index in [1.54, 1.807) is 28.2 Å². The number of benzene rings is 2. The first-order chi connectivity index (χ1) is 17.5. The number of hydrogen-bond donors (Lipinski definition) is 1. The summed E-state index contributed by atoms with van der Waals surface area (Å²) in [6.07, 6.45) is 2.94. The number of para-hydroxylation sites is 2. The summed E-state index contributed by atoms with van der Waals surface area (Å²) in [6.45, 7) is 4.27. The first-order valence-corrected chi connectivity index (χ1v) is 13.8. The van der Waals surface area contributed by atoms with Gasteiger partial charge in [-0.3, -0.25) is 9.69 Å². The van der Waals surface area contributed by atoms with Crippen LogP contribution in [0.5, 0.6) is 0 Å². The van der Waals surface area contributed by atoms with Crippen molar-refractivity contribution in [2.75, 3.05) is 21.8 Å². The van der Waals surface area contributed by atoms with Gasteiger partial charge in [-0.2, -0.15) is 5.10 Å². The highest BCUT2D eigenvalue weighted by Gasteiger charge is 2.58. The molecule has 2 atom stereocenters. The topological polar surface area (TPSA) is 74.2 Å². The summed E-state index contributed by atoms with van der Waals surface area (Å²) in [4.78, 5) is 30.4. The van der Waals surface area contributed by atoms with Crippen molar-refractivity contribution in [3.8, 4) is 0 Å². The lowest BCUT2D eigenvalue weighted by Gasteiger charge is -2.47. The smallest absolute Gasteiger partial charge is 0.365 e. The number of anilines is 3. The van der Waals surface area contributed by atoms with Crippen LogP contribution in [0, 0.1) is 5.92 Å². The number of esters is 1. The van der Waals surface area contributed by atoms with Crippen LogP contribution in [0.1, 0.15) is 41.1 Å². The molecule has 1 spiro atoms. The number of nitrogens with one attached hydrogen (secondary N) is 1. The van der Waals surface area contributed by atoms with Crippen LogP contribution in [-0.4, -0.2) is 28.6 Å². The van der Waals surface area contributed by atoms with Gasteiger partial charge in [0.1, 0.15) is 5.00 Å². The maximum Gasteiger partial charge on any atom is 0.365 e. The number of ether oxygens (including phenoxy) is 1. The van der Waals surface area contributed by atoms with E-state index in [1.807, 2.05) is 60.7 Å². The lowest BCUT2D eigenvalue weighted by molar-refractivity contribution is -0.134. The molecule has 6 rings (SSSR count). The van der Waals surface area contributed by atoms with Gasteiger partial charge in [-0.15, -0.1) is 11.3 Å². The van der Waals surface area contributed by atoms with Gasteiger partial charge in [0, 0.05) is 10.6 Å². The number of thioether (sulfide) groups is 1. The van der Waals surface area contributed by atoms with Gasteiger partial charge in [0.25, 0.3) is 11.0 Å². The molecule has 36 heavy (non-hydrogen) atoms. The summed E-state index contributed by atoms with van der Waals surface area (Å²) >= 11 is 2.86. The Bertz CT molecular complexity index is 1360. The molecular formula is C27H26N4O3S2. The summed E-state index contributed by atoms with van der Waals surface area (Å²) in [7, 11) is 0. The van der Waals surface area contributed by atoms with Gasteiger partial charge >= 0.3 is 5.97 Å². The number of fused-ring (bicyclic) bond motifs is 3. The molecule has 9 heteroatoms. The predicted molar refractivity (Wildman–Crippen MR) is 146 cm³/mol. The van der Waals surface area contributed by atoms with Gasteiger partial charge in [-0.1, -0.05) is 43.3 Å². The van der Waals surface area contributed by atoms with Gasteiger partial charge in [0.2, 0.25) is 5.04 Å². The maximum atomic E-state index is 14.5. The molecular weight excluding hydrogens is 492 g/mol. The fraction of sp³-hybridized carbons (Fsp3) is 0.296. The Morgan fingerprint density at radius 1 is 1.14 bits per heavy atom. The number of carbonyl (C=O) groups is 2. The summed E-state index contributed by atoms with van der Waals surface area (Å²) in [5.41, 5.74) is 3.37. The minimum absolute atomic E-state index is 0.0873. The highest BCUT2D eigenvalue weighted by molar-refractivity contribution is 8.17. The Balaban J connectivity index is 1.56. The van der Waals surface area contributed by atoms with E-state index in [0.29, 0.717) is 5.92 Å².